The molecule has 4 rings (SSSR count). The van der Waals surface area contributed by atoms with E-state index >= 15 is 0 Å². The number of carbonyl (C=O) groups excluding carboxylic acids is 2. The van der Waals surface area contributed by atoms with E-state index in [0.717, 1.165) is 11.1 Å². The molecule has 1 amide bonds. The number of nitrogens with two attached hydrogens (primary N) is 2. The molecule has 0 fully saturated rings. The molecule has 2 aromatic carbocycles. The molecule has 4 aromatic rings. The van der Waals surface area contributed by atoms with Crippen LogP contribution in [-0.4, -0.2) is 36.7 Å². The van der Waals surface area contributed by atoms with Gasteiger partial charge >= 0.3 is 0 Å². The summed E-state index contributed by atoms with van der Waals surface area (Å²) < 4.78 is 1.43. The molecule has 0 aliphatic rings. The Morgan fingerprint density at radius 1 is 1.10 bits per heavy atom. The molecule has 0 saturated carbocycles. The number of primary amides is 1. The molecule has 0 saturated heterocycles. The molecule has 2 heterocycles. The van der Waals surface area contributed by atoms with Crippen LogP contribution >= 0.6 is 0 Å². The van der Waals surface area contributed by atoms with Crippen molar-refractivity contribution in [1.29, 1.82) is 0 Å². The number of rotatable bonds is 5. The van der Waals surface area contributed by atoms with Crippen molar-refractivity contribution in [3.63, 3.8) is 0 Å². The van der Waals surface area contributed by atoms with Crippen molar-refractivity contribution in [1.82, 2.24) is 25.0 Å². The average Bonchev–Trinajstić information content (AvgIpc) is 3.38. The van der Waals surface area contributed by atoms with Gasteiger partial charge in [-0.15, -0.1) is 0 Å². The number of nitrogen functional groups attached to an aromatic ring is 1. The predicted molar refractivity (Wildman–Crippen MR) is 106 cm³/mol. The maximum Gasteiger partial charge on any atom is 0.248 e. The van der Waals surface area contributed by atoms with Gasteiger partial charge in [0.2, 0.25) is 5.91 Å². The first-order valence-electron chi connectivity index (χ1n) is 8.70. The van der Waals surface area contributed by atoms with Gasteiger partial charge in [-0.1, -0.05) is 24.3 Å². The van der Waals surface area contributed by atoms with Crippen molar-refractivity contribution < 1.29 is 9.59 Å². The quantitative estimate of drug-likeness (QED) is 0.446. The lowest BCUT2D eigenvalue weighted by atomic mass is 10.0. The van der Waals surface area contributed by atoms with Gasteiger partial charge in [-0.2, -0.15) is 10.2 Å². The molecule has 9 heteroatoms. The van der Waals surface area contributed by atoms with E-state index in [9.17, 15) is 9.59 Å². The summed E-state index contributed by atoms with van der Waals surface area (Å²) in [4.78, 5) is 28.6. The Morgan fingerprint density at radius 3 is 2.66 bits per heavy atom. The van der Waals surface area contributed by atoms with Gasteiger partial charge in [0.15, 0.2) is 11.6 Å². The number of H-pyrrole nitrogens is 1. The van der Waals surface area contributed by atoms with Gasteiger partial charge in [0.25, 0.3) is 0 Å². The van der Waals surface area contributed by atoms with E-state index in [-0.39, 0.29) is 17.2 Å². The molecule has 9 nitrogen and oxygen atoms in total. The Morgan fingerprint density at radius 2 is 1.93 bits per heavy atom. The Kier molecular flexibility index (Phi) is 4.40. The van der Waals surface area contributed by atoms with Crippen LogP contribution in [0.5, 0.6) is 0 Å². The number of hydrogen-bond acceptors (Lipinski definition) is 6. The van der Waals surface area contributed by atoms with Gasteiger partial charge in [-0.25, -0.2) is 9.67 Å². The number of hydrogen-bond donors (Lipinski definition) is 3. The number of anilines is 1. The highest BCUT2D eigenvalue weighted by Gasteiger charge is 2.20. The first kappa shape index (κ1) is 18.1. The maximum atomic E-state index is 13.0. The number of nitrogens with zero attached hydrogens (tertiary/aromatic N) is 4. The lowest BCUT2D eigenvalue weighted by Crippen LogP contribution is -2.13. The van der Waals surface area contributed by atoms with E-state index in [2.05, 4.69) is 20.3 Å². The monoisotopic (exact) mass is 387 g/mol. The smallest absolute Gasteiger partial charge is 0.248 e. The van der Waals surface area contributed by atoms with Gasteiger partial charge in [-0.05, 0) is 30.7 Å². The second kappa shape index (κ2) is 7.04. The summed E-state index contributed by atoms with van der Waals surface area (Å²) >= 11 is 0. The third kappa shape index (κ3) is 3.25. The average molecular weight is 387 g/mol. The minimum Gasteiger partial charge on any atom is -0.383 e. The number of aromatic nitrogens is 5. The van der Waals surface area contributed by atoms with Crippen LogP contribution in [0.3, 0.4) is 0 Å². The zero-order chi connectivity index (χ0) is 20.5. The molecule has 0 aliphatic heterocycles. The van der Waals surface area contributed by atoms with Crippen LogP contribution in [0.1, 0.15) is 31.8 Å². The van der Waals surface area contributed by atoms with E-state index in [1.807, 2.05) is 13.0 Å². The molecular formula is C20H17N7O2. The fourth-order valence-corrected chi connectivity index (χ4v) is 3.02. The second-order valence-corrected chi connectivity index (χ2v) is 6.46. The highest BCUT2D eigenvalue weighted by molar-refractivity contribution is 6.12. The Labute approximate surface area is 165 Å². The molecule has 29 heavy (non-hydrogen) atoms. The number of ketones is 1. The highest BCUT2D eigenvalue weighted by Crippen LogP contribution is 2.24. The van der Waals surface area contributed by atoms with E-state index in [0.29, 0.717) is 22.6 Å². The van der Waals surface area contributed by atoms with Crippen molar-refractivity contribution >= 4 is 17.5 Å². The van der Waals surface area contributed by atoms with Crippen LogP contribution in [-0.2, 0) is 0 Å². The van der Waals surface area contributed by atoms with Gasteiger partial charge < -0.3 is 11.5 Å². The Bertz CT molecular complexity index is 1230. The van der Waals surface area contributed by atoms with Crippen LogP contribution in [0.4, 0.5) is 5.82 Å². The van der Waals surface area contributed by atoms with E-state index in [4.69, 9.17) is 11.5 Å². The van der Waals surface area contributed by atoms with Crippen molar-refractivity contribution in [3.8, 4) is 17.1 Å². The summed E-state index contributed by atoms with van der Waals surface area (Å²) in [6.07, 6.45) is 2.81. The van der Waals surface area contributed by atoms with Gasteiger partial charge in [0.05, 0.1) is 17.4 Å². The molecule has 0 bridgehead atoms. The standard InChI is InChI=1S/C20H17N7O2/c1-11-5-6-13(19(22)29)8-16(11)27-18(21)15(9-25-27)17(28)12-3-2-4-14(7-12)20-23-10-24-26-20/h2-10H,21H2,1H3,(H2,22,29)(H,23,24,26). The minimum atomic E-state index is -0.558. The number of nitrogens with one attached hydrogen (secondary N) is 1. The number of amides is 1. The molecule has 0 atom stereocenters. The number of aromatic amines is 1. The number of carbonyl (C=O) groups is 2. The van der Waals surface area contributed by atoms with Crippen LogP contribution < -0.4 is 11.5 Å². The maximum absolute atomic E-state index is 13.0. The van der Waals surface area contributed by atoms with Crippen molar-refractivity contribution in [2.75, 3.05) is 5.73 Å². The fraction of sp³-hybridized carbons (Fsp3) is 0.0500. The van der Waals surface area contributed by atoms with Crippen LogP contribution in [0.25, 0.3) is 17.1 Å². The minimum absolute atomic E-state index is 0.171. The molecule has 0 aliphatic carbocycles. The molecule has 144 valence electrons. The van der Waals surface area contributed by atoms with E-state index < -0.39 is 5.91 Å². The lowest BCUT2D eigenvalue weighted by Gasteiger charge is -2.10. The van der Waals surface area contributed by atoms with Gasteiger partial charge in [0.1, 0.15) is 12.1 Å². The van der Waals surface area contributed by atoms with Crippen LogP contribution in [0.15, 0.2) is 55.0 Å². The summed E-state index contributed by atoms with van der Waals surface area (Å²) in [6, 6.07) is 12.0. The highest BCUT2D eigenvalue weighted by atomic mass is 16.1. The van der Waals surface area contributed by atoms with Gasteiger partial charge in [-0.3, -0.25) is 14.7 Å². The van der Waals surface area contributed by atoms with Gasteiger partial charge in [0, 0.05) is 16.7 Å². The van der Waals surface area contributed by atoms with E-state index in [1.165, 1.54) is 17.2 Å². The molecule has 0 radical (unpaired) electrons. The normalized spacial score (nSPS) is 10.8. The zero-order valence-electron chi connectivity index (χ0n) is 15.5. The van der Waals surface area contributed by atoms with Crippen LogP contribution in [0, 0.1) is 6.92 Å². The third-order valence-electron chi connectivity index (χ3n) is 4.59. The fourth-order valence-electron chi connectivity index (χ4n) is 3.02. The summed E-state index contributed by atoms with van der Waals surface area (Å²) in [5, 5.41) is 10.8. The van der Waals surface area contributed by atoms with Crippen molar-refractivity contribution in [3.05, 3.63) is 77.2 Å². The van der Waals surface area contributed by atoms with Crippen LogP contribution in [0.2, 0.25) is 0 Å². The number of aryl methyl sites for hydroxylation is 1. The summed E-state index contributed by atoms with van der Waals surface area (Å²) in [7, 11) is 0. The number of benzene rings is 2. The largest absolute Gasteiger partial charge is 0.383 e. The SMILES string of the molecule is Cc1ccc(C(N)=O)cc1-n1ncc(C(=O)c2cccc(-c3ncn[nH]3)c2)c1N. The summed E-state index contributed by atoms with van der Waals surface area (Å²) in [6.45, 7) is 1.85. The topological polar surface area (TPSA) is 146 Å². The summed E-state index contributed by atoms with van der Waals surface area (Å²) in [5.74, 6) is -0.108. The first-order chi connectivity index (χ1) is 14.0. The zero-order valence-corrected chi connectivity index (χ0v) is 15.5. The molecular weight excluding hydrogens is 370 g/mol. The Balaban J connectivity index is 1.73. The molecule has 5 N–H and O–H groups in total. The van der Waals surface area contributed by atoms with E-state index in [1.54, 1.807) is 36.4 Å². The Hall–Kier alpha value is -4.27. The molecule has 0 unspecified atom stereocenters. The summed E-state index contributed by atoms with van der Waals surface area (Å²) in [5.41, 5.74) is 14.8. The lowest BCUT2D eigenvalue weighted by molar-refractivity contribution is 0.0998. The second-order valence-electron chi connectivity index (χ2n) is 6.46. The third-order valence-corrected chi connectivity index (χ3v) is 4.59. The van der Waals surface area contributed by atoms with Crippen molar-refractivity contribution in [2.24, 2.45) is 5.73 Å². The van der Waals surface area contributed by atoms with Crippen molar-refractivity contribution in [2.45, 2.75) is 6.92 Å². The molecule has 0 spiro atoms. The predicted octanol–water partition coefficient (Wildman–Crippen LogP) is 1.88. The first-order valence-corrected chi connectivity index (χ1v) is 8.70. The molecule has 2 aromatic heterocycles.